The first-order valence-corrected chi connectivity index (χ1v) is 9.43. The Hall–Kier alpha value is -1.34. The topological polar surface area (TPSA) is 158 Å². The summed E-state index contributed by atoms with van der Waals surface area (Å²) in [5.74, 6) is 0.403. The van der Waals surface area contributed by atoms with Crippen LogP contribution >= 0.6 is 0 Å². The molecule has 10 nitrogen and oxygen atoms in total. The summed E-state index contributed by atoms with van der Waals surface area (Å²) in [4.78, 5) is 0. The molecule has 6 N–H and O–H groups in total. The molecule has 29 heavy (non-hydrogen) atoms. The summed E-state index contributed by atoms with van der Waals surface area (Å²) in [5, 5.41) is 60.1. The molecule has 164 valence electrons. The van der Waals surface area contributed by atoms with Crippen LogP contribution in [0.4, 0.5) is 0 Å². The molecule has 1 aromatic carbocycles. The van der Waals surface area contributed by atoms with Gasteiger partial charge in [-0.05, 0) is 26.0 Å². The number of aliphatic hydroxyl groups excluding tert-OH is 6. The van der Waals surface area contributed by atoms with Gasteiger partial charge in [0.05, 0.1) is 12.7 Å². The zero-order valence-electron chi connectivity index (χ0n) is 16.1. The molecule has 0 amide bonds. The number of rotatable bonds is 5. The Morgan fingerprint density at radius 3 is 2.00 bits per heavy atom. The number of aryl methyl sites for hydroxylation is 1. The lowest BCUT2D eigenvalue weighted by molar-refractivity contribution is -0.318. The highest BCUT2D eigenvalue weighted by molar-refractivity contribution is 5.26. The molecule has 0 bridgehead atoms. The number of ether oxygens (including phenoxy) is 4. The Labute approximate surface area is 167 Å². The lowest BCUT2D eigenvalue weighted by Gasteiger charge is -2.42. The normalized spacial score (nSPS) is 43.2. The largest absolute Gasteiger partial charge is 0.462 e. The maximum Gasteiger partial charge on any atom is 0.229 e. The highest BCUT2D eigenvalue weighted by Crippen LogP contribution is 2.27. The minimum Gasteiger partial charge on any atom is -0.462 e. The number of aliphatic hydroxyl groups is 6. The molecule has 10 heteroatoms. The highest BCUT2D eigenvalue weighted by Gasteiger charge is 2.47. The van der Waals surface area contributed by atoms with Crippen LogP contribution in [0.1, 0.15) is 12.5 Å². The van der Waals surface area contributed by atoms with Crippen molar-refractivity contribution in [2.24, 2.45) is 0 Å². The smallest absolute Gasteiger partial charge is 0.229 e. The molecule has 2 aliphatic heterocycles. The van der Waals surface area contributed by atoms with Crippen LogP contribution in [0.25, 0.3) is 0 Å². The quantitative estimate of drug-likeness (QED) is 0.318. The molecule has 3 rings (SSSR count). The molecule has 2 fully saturated rings. The minimum atomic E-state index is -1.56. The van der Waals surface area contributed by atoms with Crippen molar-refractivity contribution in [1.29, 1.82) is 0 Å². The van der Waals surface area contributed by atoms with Gasteiger partial charge in [0.25, 0.3) is 0 Å². The molecule has 0 saturated carbocycles. The highest BCUT2D eigenvalue weighted by atomic mass is 16.7. The molecular formula is C19H28O10. The van der Waals surface area contributed by atoms with E-state index in [0.717, 1.165) is 5.56 Å². The Morgan fingerprint density at radius 1 is 0.759 bits per heavy atom. The second kappa shape index (κ2) is 9.21. The van der Waals surface area contributed by atoms with Crippen molar-refractivity contribution in [3.63, 3.8) is 0 Å². The zero-order valence-corrected chi connectivity index (χ0v) is 16.1. The Bertz CT molecular complexity index is 655. The van der Waals surface area contributed by atoms with E-state index in [1.165, 1.54) is 6.92 Å². The first-order valence-electron chi connectivity index (χ1n) is 9.43. The van der Waals surface area contributed by atoms with Crippen LogP contribution in [0.15, 0.2) is 24.3 Å². The van der Waals surface area contributed by atoms with Crippen LogP contribution in [0.2, 0.25) is 0 Å². The predicted octanol–water partition coefficient (Wildman–Crippen LogP) is -1.97. The van der Waals surface area contributed by atoms with E-state index in [-0.39, 0.29) is 6.61 Å². The lowest BCUT2D eigenvalue weighted by atomic mass is 9.98. The van der Waals surface area contributed by atoms with Gasteiger partial charge in [0, 0.05) is 0 Å². The number of hydrogen-bond donors (Lipinski definition) is 6. The van der Waals surface area contributed by atoms with Crippen molar-refractivity contribution in [3.8, 4) is 5.75 Å². The van der Waals surface area contributed by atoms with Crippen molar-refractivity contribution < 1.29 is 49.6 Å². The summed E-state index contributed by atoms with van der Waals surface area (Å²) in [6, 6.07) is 6.96. The van der Waals surface area contributed by atoms with Crippen LogP contribution < -0.4 is 4.74 Å². The van der Waals surface area contributed by atoms with Crippen LogP contribution in [0.5, 0.6) is 5.75 Å². The first kappa shape index (κ1) is 22.3. The summed E-state index contributed by atoms with van der Waals surface area (Å²) in [6.07, 6.45) is -13.3. The molecule has 0 aliphatic carbocycles. The van der Waals surface area contributed by atoms with Gasteiger partial charge in [-0.1, -0.05) is 17.7 Å². The average molecular weight is 416 g/mol. The molecule has 2 heterocycles. The summed E-state index contributed by atoms with van der Waals surface area (Å²) < 4.78 is 21.9. The molecule has 0 aromatic heterocycles. The van der Waals surface area contributed by atoms with Gasteiger partial charge in [-0.25, -0.2) is 0 Å². The summed E-state index contributed by atoms with van der Waals surface area (Å²) in [7, 11) is 0. The van der Waals surface area contributed by atoms with Gasteiger partial charge in [0.15, 0.2) is 6.29 Å². The fourth-order valence-corrected chi connectivity index (χ4v) is 3.24. The van der Waals surface area contributed by atoms with Crippen LogP contribution in [-0.2, 0) is 14.2 Å². The third kappa shape index (κ3) is 4.88. The zero-order chi connectivity index (χ0) is 21.3. The monoisotopic (exact) mass is 416 g/mol. The van der Waals surface area contributed by atoms with E-state index in [9.17, 15) is 30.6 Å². The van der Waals surface area contributed by atoms with Crippen molar-refractivity contribution >= 4 is 0 Å². The average Bonchev–Trinajstić information content (AvgIpc) is 2.70. The second-order valence-electron chi connectivity index (χ2n) is 7.46. The SMILES string of the molecule is Cc1ccc(O[C@@H]2O[C@H](CO[C@@H]3O[C@@H](C)[C@H](O)[C@@H](O)[C@H]3O)[C@@H](O)[C@H](O)[C@H]2O)cc1. The van der Waals surface area contributed by atoms with E-state index in [1.54, 1.807) is 24.3 Å². The molecule has 2 aliphatic rings. The van der Waals surface area contributed by atoms with E-state index in [0.29, 0.717) is 5.75 Å². The Morgan fingerprint density at radius 2 is 1.34 bits per heavy atom. The standard InChI is InChI=1S/C19H28O10/c1-8-3-5-10(6-4-8)28-19-17(25)15(23)13(21)11(29-19)7-26-18-16(24)14(22)12(20)9(2)27-18/h3-6,9,11-25H,7H2,1-2H3/t9-,11+,12-,13+,14+,15-,16+,17+,18+,19+/m0/s1. The Balaban J connectivity index is 1.63. The van der Waals surface area contributed by atoms with Gasteiger partial charge >= 0.3 is 0 Å². The van der Waals surface area contributed by atoms with Crippen LogP contribution in [0, 0.1) is 6.92 Å². The lowest BCUT2D eigenvalue weighted by Crippen LogP contribution is -2.61. The molecule has 0 spiro atoms. The maximum atomic E-state index is 10.2. The fraction of sp³-hybridized carbons (Fsp3) is 0.684. The molecular weight excluding hydrogens is 388 g/mol. The van der Waals surface area contributed by atoms with E-state index in [4.69, 9.17) is 18.9 Å². The molecule has 2 saturated heterocycles. The summed E-state index contributed by atoms with van der Waals surface area (Å²) >= 11 is 0. The van der Waals surface area contributed by atoms with Crippen molar-refractivity contribution in [3.05, 3.63) is 29.8 Å². The molecule has 0 unspecified atom stereocenters. The van der Waals surface area contributed by atoms with Crippen LogP contribution in [0.3, 0.4) is 0 Å². The third-order valence-electron chi connectivity index (χ3n) is 5.17. The summed E-state index contributed by atoms with van der Waals surface area (Å²) in [5.41, 5.74) is 1.01. The van der Waals surface area contributed by atoms with Gasteiger partial charge in [-0.2, -0.15) is 0 Å². The van der Waals surface area contributed by atoms with Gasteiger partial charge in [0.2, 0.25) is 6.29 Å². The predicted molar refractivity (Wildman–Crippen MR) is 96.8 cm³/mol. The van der Waals surface area contributed by atoms with Crippen molar-refractivity contribution in [2.75, 3.05) is 6.61 Å². The maximum absolute atomic E-state index is 10.2. The van der Waals surface area contributed by atoms with Gasteiger partial charge in [0.1, 0.15) is 48.5 Å². The van der Waals surface area contributed by atoms with Crippen molar-refractivity contribution in [1.82, 2.24) is 0 Å². The second-order valence-corrected chi connectivity index (χ2v) is 7.46. The number of benzene rings is 1. The fourth-order valence-electron chi connectivity index (χ4n) is 3.24. The van der Waals surface area contributed by atoms with E-state index < -0.39 is 61.4 Å². The molecule has 1 aromatic rings. The van der Waals surface area contributed by atoms with E-state index in [2.05, 4.69) is 0 Å². The van der Waals surface area contributed by atoms with Gasteiger partial charge in [-0.3, -0.25) is 0 Å². The first-order chi connectivity index (χ1) is 13.7. The molecule has 10 atom stereocenters. The van der Waals surface area contributed by atoms with Gasteiger partial charge < -0.3 is 49.6 Å². The Kier molecular flexibility index (Phi) is 7.10. The number of hydrogen-bond acceptors (Lipinski definition) is 10. The minimum absolute atomic E-state index is 0.337. The van der Waals surface area contributed by atoms with Crippen LogP contribution in [-0.4, -0.2) is 98.7 Å². The van der Waals surface area contributed by atoms with E-state index >= 15 is 0 Å². The van der Waals surface area contributed by atoms with Gasteiger partial charge in [-0.15, -0.1) is 0 Å². The van der Waals surface area contributed by atoms with Crippen molar-refractivity contribution in [2.45, 2.75) is 75.3 Å². The summed E-state index contributed by atoms with van der Waals surface area (Å²) in [6.45, 7) is 3.07. The molecule has 0 radical (unpaired) electrons. The third-order valence-corrected chi connectivity index (χ3v) is 5.17. The van der Waals surface area contributed by atoms with E-state index in [1.807, 2.05) is 6.92 Å².